The first kappa shape index (κ1) is 17.5. The summed E-state index contributed by atoms with van der Waals surface area (Å²) in [6.45, 7) is 2.51. The normalized spacial score (nSPS) is 14.7. The Bertz CT molecular complexity index is 803. The van der Waals surface area contributed by atoms with E-state index in [2.05, 4.69) is 10.6 Å². The number of hydrogen-bond donors (Lipinski definition) is 2. The van der Waals surface area contributed by atoms with Crippen LogP contribution in [0.3, 0.4) is 0 Å². The van der Waals surface area contributed by atoms with Gasteiger partial charge < -0.3 is 19.8 Å². The highest BCUT2D eigenvalue weighted by molar-refractivity contribution is 6.00. The molecule has 1 aliphatic heterocycles. The number of esters is 1. The van der Waals surface area contributed by atoms with E-state index < -0.39 is 24.0 Å². The van der Waals surface area contributed by atoms with E-state index in [1.54, 1.807) is 36.6 Å². The van der Waals surface area contributed by atoms with Gasteiger partial charge in [-0.2, -0.15) is 0 Å². The molecule has 3 rings (SSSR count). The first-order chi connectivity index (χ1) is 12.6. The summed E-state index contributed by atoms with van der Waals surface area (Å²) in [5.74, 6) is -0.473. The van der Waals surface area contributed by atoms with E-state index in [0.29, 0.717) is 24.3 Å². The quantitative estimate of drug-likeness (QED) is 0.767. The second-order valence-electron chi connectivity index (χ2n) is 5.75. The average Bonchev–Trinajstić information content (AvgIpc) is 3.31. The summed E-state index contributed by atoms with van der Waals surface area (Å²) in [6, 6.07) is 9.94. The number of para-hydroxylation sites is 1. The van der Waals surface area contributed by atoms with Gasteiger partial charge >= 0.3 is 12.0 Å². The van der Waals surface area contributed by atoms with E-state index in [-0.39, 0.29) is 6.54 Å². The summed E-state index contributed by atoms with van der Waals surface area (Å²) in [4.78, 5) is 37.3. The van der Waals surface area contributed by atoms with E-state index in [9.17, 15) is 14.4 Å². The maximum absolute atomic E-state index is 12.5. The number of imide groups is 1. The maximum atomic E-state index is 12.5. The highest BCUT2D eigenvalue weighted by Crippen LogP contribution is 2.18. The Kier molecular flexibility index (Phi) is 5.21. The van der Waals surface area contributed by atoms with Crippen molar-refractivity contribution in [3.63, 3.8) is 0 Å². The van der Waals surface area contributed by atoms with Gasteiger partial charge in [0.05, 0.1) is 18.4 Å². The van der Waals surface area contributed by atoms with Crippen LogP contribution in [0.2, 0.25) is 0 Å². The van der Waals surface area contributed by atoms with Crippen LogP contribution in [0.25, 0.3) is 0 Å². The van der Waals surface area contributed by atoms with Gasteiger partial charge in [-0.25, -0.2) is 9.59 Å². The smallest absolute Gasteiger partial charge is 0.341 e. The van der Waals surface area contributed by atoms with E-state index >= 15 is 0 Å². The zero-order valence-electron chi connectivity index (χ0n) is 14.2. The Balaban J connectivity index is 1.65. The minimum atomic E-state index is -1.07. The Labute approximate surface area is 150 Å². The zero-order chi connectivity index (χ0) is 18.5. The van der Waals surface area contributed by atoms with Crippen LogP contribution in [-0.2, 0) is 16.1 Å². The lowest BCUT2D eigenvalue weighted by Crippen LogP contribution is -2.41. The second kappa shape index (κ2) is 7.73. The number of carbonyl (C=O) groups is 3. The molecule has 0 spiro atoms. The standard InChI is InChI=1S/C18H19N3O5/c1-12(16(22)21-9-8-19-18(21)24)26-17(23)14-6-2-3-7-15(14)20-11-13-5-4-10-25-13/h2-7,10,12,20H,8-9,11H2,1H3,(H,19,24). The van der Waals surface area contributed by atoms with Gasteiger partial charge in [0.1, 0.15) is 5.76 Å². The number of nitrogens with one attached hydrogen (secondary N) is 2. The molecule has 0 saturated carbocycles. The third-order valence-electron chi connectivity index (χ3n) is 3.93. The largest absolute Gasteiger partial charge is 0.467 e. The summed E-state index contributed by atoms with van der Waals surface area (Å²) in [5, 5.41) is 5.64. The Morgan fingerprint density at radius 3 is 2.81 bits per heavy atom. The predicted molar refractivity (Wildman–Crippen MR) is 92.5 cm³/mol. The number of nitrogens with zero attached hydrogens (tertiary/aromatic N) is 1. The summed E-state index contributed by atoms with van der Waals surface area (Å²) in [6.07, 6.45) is 0.503. The van der Waals surface area contributed by atoms with Crippen molar-refractivity contribution >= 4 is 23.6 Å². The highest BCUT2D eigenvalue weighted by Gasteiger charge is 2.32. The van der Waals surface area contributed by atoms with Crippen LogP contribution in [0, 0.1) is 0 Å². The SMILES string of the molecule is CC(OC(=O)c1ccccc1NCc1ccco1)C(=O)N1CCNC1=O. The fraction of sp³-hybridized carbons (Fsp3) is 0.278. The van der Waals surface area contributed by atoms with E-state index in [4.69, 9.17) is 9.15 Å². The number of urea groups is 1. The molecular formula is C18H19N3O5. The molecule has 26 heavy (non-hydrogen) atoms. The Morgan fingerprint density at radius 1 is 1.31 bits per heavy atom. The lowest BCUT2D eigenvalue weighted by Gasteiger charge is -2.19. The Morgan fingerprint density at radius 2 is 2.12 bits per heavy atom. The molecule has 3 amide bonds. The second-order valence-corrected chi connectivity index (χ2v) is 5.75. The molecule has 136 valence electrons. The van der Waals surface area contributed by atoms with Crippen molar-refractivity contribution in [2.75, 3.05) is 18.4 Å². The summed E-state index contributed by atoms with van der Waals surface area (Å²) in [5.41, 5.74) is 0.858. The number of amides is 3. The van der Waals surface area contributed by atoms with Crippen molar-refractivity contribution < 1.29 is 23.5 Å². The van der Waals surface area contributed by atoms with Crippen LogP contribution in [0.5, 0.6) is 0 Å². The fourth-order valence-corrected chi connectivity index (χ4v) is 2.59. The van der Waals surface area contributed by atoms with Crippen molar-refractivity contribution in [3.8, 4) is 0 Å². The molecule has 0 aliphatic carbocycles. The van der Waals surface area contributed by atoms with Gasteiger partial charge in [-0.3, -0.25) is 9.69 Å². The number of furan rings is 1. The molecular weight excluding hydrogens is 338 g/mol. The summed E-state index contributed by atoms with van der Waals surface area (Å²) >= 11 is 0. The fourth-order valence-electron chi connectivity index (χ4n) is 2.59. The van der Waals surface area contributed by atoms with Crippen LogP contribution in [0.15, 0.2) is 47.1 Å². The monoisotopic (exact) mass is 357 g/mol. The third-order valence-corrected chi connectivity index (χ3v) is 3.93. The lowest BCUT2D eigenvalue weighted by molar-refractivity contribution is -0.136. The Hall–Kier alpha value is -3.29. The lowest BCUT2D eigenvalue weighted by atomic mass is 10.1. The van der Waals surface area contributed by atoms with Crippen LogP contribution >= 0.6 is 0 Å². The van der Waals surface area contributed by atoms with Gasteiger partial charge in [-0.1, -0.05) is 12.1 Å². The van der Waals surface area contributed by atoms with E-state index in [0.717, 1.165) is 10.7 Å². The van der Waals surface area contributed by atoms with E-state index in [1.165, 1.54) is 6.92 Å². The molecule has 1 fully saturated rings. The van der Waals surface area contributed by atoms with Crippen molar-refractivity contribution in [1.82, 2.24) is 10.2 Å². The van der Waals surface area contributed by atoms with Crippen molar-refractivity contribution in [2.45, 2.75) is 19.6 Å². The molecule has 1 saturated heterocycles. The maximum Gasteiger partial charge on any atom is 0.341 e. The molecule has 2 N–H and O–H groups in total. The number of carbonyl (C=O) groups excluding carboxylic acids is 3. The molecule has 2 aromatic rings. The molecule has 0 radical (unpaired) electrons. The van der Waals surface area contributed by atoms with Crippen LogP contribution in [0.4, 0.5) is 10.5 Å². The zero-order valence-corrected chi connectivity index (χ0v) is 14.2. The molecule has 1 atom stereocenters. The summed E-state index contributed by atoms with van der Waals surface area (Å²) < 4.78 is 10.5. The van der Waals surface area contributed by atoms with Gasteiger partial charge in [0, 0.05) is 18.8 Å². The van der Waals surface area contributed by atoms with Gasteiger partial charge in [-0.05, 0) is 31.2 Å². The van der Waals surface area contributed by atoms with Crippen molar-refractivity contribution in [1.29, 1.82) is 0 Å². The number of rotatable bonds is 6. The van der Waals surface area contributed by atoms with Gasteiger partial charge in [0.15, 0.2) is 6.10 Å². The molecule has 8 heteroatoms. The van der Waals surface area contributed by atoms with Crippen LogP contribution in [-0.4, -0.2) is 42.0 Å². The van der Waals surface area contributed by atoms with Gasteiger partial charge in [-0.15, -0.1) is 0 Å². The molecule has 1 aliphatic rings. The van der Waals surface area contributed by atoms with Crippen LogP contribution < -0.4 is 10.6 Å². The minimum Gasteiger partial charge on any atom is -0.467 e. The molecule has 1 aromatic heterocycles. The number of benzene rings is 1. The topological polar surface area (TPSA) is 101 Å². The number of anilines is 1. The molecule has 2 heterocycles. The van der Waals surface area contributed by atoms with E-state index in [1.807, 2.05) is 6.07 Å². The highest BCUT2D eigenvalue weighted by atomic mass is 16.5. The minimum absolute atomic E-state index is 0.265. The van der Waals surface area contributed by atoms with Crippen molar-refractivity contribution in [2.24, 2.45) is 0 Å². The molecule has 1 unspecified atom stereocenters. The number of ether oxygens (including phenoxy) is 1. The molecule has 1 aromatic carbocycles. The number of hydrogen-bond acceptors (Lipinski definition) is 6. The first-order valence-corrected chi connectivity index (χ1v) is 8.21. The summed E-state index contributed by atoms with van der Waals surface area (Å²) in [7, 11) is 0. The molecule has 0 bridgehead atoms. The van der Waals surface area contributed by atoms with Crippen molar-refractivity contribution in [3.05, 3.63) is 54.0 Å². The third kappa shape index (κ3) is 3.85. The first-order valence-electron chi connectivity index (χ1n) is 8.21. The van der Waals surface area contributed by atoms with Gasteiger partial charge in [0.25, 0.3) is 5.91 Å². The average molecular weight is 357 g/mol. The van der Waals surface area contributed by atoms with Crippen LogP contribution in [0.1, 0.15) is 23.0 Å². The predicted octanol–water partition coefficient (Wildman–Crippen LogP) is 1.99. The van der Waals surface area contributed by atoms with Gasteiger partial charge in [0.2, 0.25) is 0 Å². The molecule has 8 nitrogen and oxygen atoms in total.